The monoisotopic (exact) mass is 275 g/mol. The third-order valence-corrected chi connectivity index (χ3v) is 3.90. The van der Waals surface area contributed by atoms with E-state index in [-0.39, 0.29) is 0 Å². The largest absolute Gasteiger partial charge is 0.425 e. The number of ether oxygens (including phenoxy) is 1. The number of nitrogens with one attached hydrogen (secondary N) is 1. The molecule has 2 aromatic rings. The molecular formula is C13H17N5O2. The summed E-state index contributed by atoms with van der Waals surface area (Å²) in [5, 5.41) is 11.5. The van der Waals surface area contributed by atoms with Crippen LogP contribution in [0.25, 0.3) is 5.65 Å². The standard InChI is InChI=1S/C13H17N5O2/c1-9-4-2-3-5-10(9)17-12-11(20-8-19)6-15-18-13(12)14-7-16-18/h6-10,17H,2-5H2,1H3. The molecule has 0 aliphatic heterocycles. The number of aromatic nitrogens is 4. The van der Waals surface area contributed by atoms with Crippen LogP contribution in [0, 0.1) is 5.92 Å². The second-order valence-corrected chi connectivity index (χ2v) is 5.18. The highest BCUT2D eigenvalue weighted by Gasteiger charge is 2.24. The van der Waals surface area contributed by atoms with E-state index in [1.807, 2.05) is 0 Å². The van der Waals surface area contributed by atoms with Crippen LogP contribution >= 0.6 is 0 Å². The van der Waals surface area contributed by atoms with E-state index in [2.05, 4.69) is 27.4 Å². The molecule has 0 spiro atoms. The molecule has 7 nitrogen and oxygen atoms in total. The Labute approximate surface area is 116 Å². The van der Waals surface area contributed by atoms with Crippen molar-refractivity contribution >= 4 is 17.8 Å². The van der Waals surface area contributed by atoms with Crippen molar-refractivity contribution in [2.75, 3.05) is 5.32 Å². The lowest BCUT2D eigenvalue weighted by Gasteiger charge is -2.30. The van der Waals surface area contributed by atoms with E-state index in [1.165, 1.54) is 36.4 Å². The fourth-order valence-electron chi connectivity index (χ4n) is 2.76. The zero-order valence-electron chi connectivity index (χ0n) is 11.3. The highest BCUT2D eigenvalue weighted by molar-refractivity contribution is 5.75. The zero-order chi connectivity index (χ0) is 13.9. The van der Waals surface area contributed by atoms with Gasteiger partial charge >= 0.3 is 0 Å². The summed E-state index contributed by atoms with van der Waals surface area (Å²) in [6.07, 6.45) is 7.70. The smallest absolute Gasteiger partial charge is 0.298 e. The average molecular weight is 275 g/mol. The lowest BCUT2D eigenvalue weighted by Crippen LogP contribution is -2.30. The summed E-state index contributed by atoms with van der Waals surface area (Å²) in [6, 6.07) is 0.348. The summed E-state index contributed by atoms with van der Waals surface area (Å²) >= 11 is 0. The van der Waals surface area contributed by atoms with Crippen LogP contribution in [-0.2, 0) is 4.79 Å². The molecule has 2 heterocycles. The maximum atomic E-state index is 10.6. The second-order valence-electron chi connectivity index (χ2n) is 5.18. The Bertz CT molecular complexity index is 612. The van der Waals surface area contributed by atoms with Crippen LogP contribution in [0.5, 0.6) is 5.75 Å². The Kier molecular flexibility index (Phi) is 3.49. The first-order valence-corrected chi connectivity index (χ1v) is 6.85. The van der Waals surface area contributed by atoms with Gasteiger partial charge in [-0.15, -0.1) is 9.73 Å². The fraction of sp³-hybridized carbons (Fsp3) is 0.538. The number of carbonyl (C=O) groups is 1. The molecule has 2 atom stereocenters. The Morgan fingerprint density at radius 3 is 3.05 bits per heavy atom. The molecule has 0 saturated heterocycles. The Hall–Kier alpha value is -2.18. The number of carbonyl (C=O) groups excluding carboxylic acids is 1. The van der Waals surface area contributed by atoms with Crippen LogP contribution in [0.15, 0.2) is 12.5 Å². The van der Waals surface area contributed by atoms with E-state index in [9.17, 15) is 4.79 Å². The van der Waals surface area contributed by atoms with Gasteiger partial charge in [0.1, 0.15) is 12.0 Å². The van der Waals surface area contributed by atoms with Crippen LogP contribution in [0.1, 0.15) is 32.6 Å². The van der Waals surface area contributed by atoms with Gasteiger partial charge in [-0.2, -0.15) is 5.10 Å². The quantitative estimate of drug-likeness (QED) is 0.854. The molecule has 0 radical (unpaired) electrons. The number of hydrogen-bond donors (Lipinski definition) is 1. The molecule has 20 heavy (non-hydrogen) atoms. The SMILES string of the molecule is CC1CCCCC1Nc1c(OC=O)cnn2ncnc12. The second kappa shape index (κ2) is 5.44. The highest BCUT2D eigenvalue weighted by atomic mass is 16.5. The molecule has 2 aromatic heterocycles. The van der Waals surface area contributed by atoms with E-state index in [4.69, 9.17) is 4.74 Å². The molecule has 0 aromatic carbocycles. The predicted molar refractivity (Wildman–Crippen MR) is 72.5 cm³/mol. The van der Waals surface area contributed by atoms with E-state index in [0.29, 0.717) is 35.5 Å². The minimum absolute atomic E-state index is 0.348. The first kappa shape index (κ1) is 12.8. The fourth-order valence-corrected chi connectivity index (χ4v) is 2.76. The van der Waals surface area contributed by atoms with Gasteiger partial charge in [-0.05, 0) is 18.8 Å². The van der Waals surface area contributed by atoms with Gasteiger partial charge in [0.15, 0.2) is 5.75 Å². The molecule has 3 rings (SSSR count). The Morgan fingerprint density at radius 1 is 1.40 bits per heavy atom. The van der Waals surface area contributed by atoms with Crippen molar-refractivity contribution in [1.82, 2.24) is 19.8 Å². The van der Waals surface area contributed by atoms with E-state index >= 15 is 0 Å². The molecule has 106 valence electrons. The lowest BCUT2D eigenvalue weighted by molar-refractivity contribution is -0.120. The maximum absolute atomic E-state index is 10.6. The molecule has 7 heteroatoms. The third-order valence-electron chi connectivity index (χ3n) is 3.90. The molecule has 1 fully saturated rings. The maximum Gasteiger partial charge on any atom is 0.298 e. The van der Waals surface area contributed by atoms with Crippen molar-refractivity contribution in [3.05, 3.63) is 12.5 Å². The van der Waals surface area contributed by atoms with Gasteiger partial charge < -0.3 is 10.1 Å². The first-order valence-electron chi connectivity index (χ1n) is 6.85. The lowest BCUT2D eigenvalue weighted by atomic mass is 9.86. The van der Waals surface area contributed by atoms with Crippen LogP contribution in [0.3, 0.4) is 0 Å². The third kappa shape index (κ3) is 2.31. The molecule has 1 saturated carbocycles. The molecule has 2 unspecified atom stereocenters. The van der Waals surface area contributed by atoms with Gasteiger partial charge in [0, 0.05) is 6.04 Å². The van der Waals surface area contributed by atoms with Gasteiger partial charge in [-0.3, -0.25) is 4.79 Å². The summed E-state index contributed by atoms with van der Waals surface area (Å²) in [6.45, 7) is 2.64. The topological polar surface area (TPSA) is 81.4 Å². The van der Waals surface area contributed by atoms with Gasteiger partial charge in [-0.1, -0.05) is 19.8 Å². The molecule has 1 N–H and O–H groups in total. The van der Waals surface area contributed by atoms with Crippen molar-refractivity contribution in [3.8, 4) is 5.75 Å². The van der Waals surface area contributed by atoms with Crippen LogP contribution in [0.2, 0.25) is 0 Å². The van der Waals surface area contributed by atoms with Crippen molar-refractivity contribution in [1.29, 1.82) is 0 Å². The van der Waals surface area contributed by atoms with Gasteiger partial charge in [0.05, 0.1) is 6.20 Å². The van der Waals surface area contributed by atoms with E-state index in [1.54, 1.807) is 0 Å². The summed E-state index contributed by atoms with van der Waals surface area (Å²) in [4.78, 5) is 14.8. The van der Waals surface area contributed by atoms with Crippen LogP contribution in [-0.4, -0.2) is 32.3 Å². The van der Waals surface area contributed by atoms with Crippen molar-refractivity contribution in [3.63, 3.8) is 0 Å². The average Bonchev–Trinajstić information content (AvgIpc) is 2.92. The predicted octanol–water partition coefficient (Wildman–Crippen LogP) is 1.65. The Morgan fingerprint density at radius 2 is 2.25 bits per heavy atom. The first-order chi connectivity index (χ1) is 9.79. The van der Waals surface area contributed by atoms with Crippen LogP contribution in [0.4, 0.5) is 5.69 Å². The Balaban J connectivity index is 1.96. The molecule has 0 amide bonds. The normalized spacial score (nSPS) is 22.6. The number of rotatable bonds is 4. The number of fused-ring (bicyclic) bond motifs is 1. The van der Waals surface area contributed by atoms with Gasteiger partial charge in [-0.25, -0.2) is 4.98 Å². The summed E-state index contributed by atoms with van der Waals surface area (Å²) in [7, 11) is 0. The van der Waals surface area contributed by atoms with E-state index in [0.717, 1.165) is 6.42 Å². The zero-order valence-corrected chi connectivity index (χ0v) is 11.3. The van der Waals surface area contributed by atoms with Gasteiger partial charge in [0.2, 0.25) is 5.65 Å². The summed E-state index contributed by atoms with van der Waals surface area (Å²) in [5.41, 5.74) is 1.26. The summed E-state index contributed by atoms with van der Waals surface area (Å²) in [5.74, 6) is 0.960. The number of nitrogens with zero attached hydrogens (tertiary/aromatic N) is 4. The minimum atomic E-state index is 0.348. The summed E-state index contributed by atoms with van der Waals surface area (Å²) < 4.78 is 6.43. The number of anilines is 1. The van der Waals surface area contributed by atoms with Crippen LogP contribution < -0.4 is 10.1 Å². The number of hydrogen-bond acceptors (Lipinski definition) is 6. The van der Waals surface area contributed by atoms with E-state index < -0.39 is 0 Å². The van der Waals surface area contributed by atoms with Gasteiger partial charge in [0.25, 0.3) is 6.47 Å². The molecule has 1 aliphatic rings. The van der Waals surface area contributed by atoms with Crippen molar-refractivity contribution in [2.24, 2.45) is 5.92 Å². The molecule has 1 aliphatic carbocycles. The van der Waals surface area contributed by atoms with Crippen molar-refractivity contribution in [2.45, 2.75) is 38.6 Å². The highest BCUT2D eigenvalue weighted by Crippen LogP contribution is 2.32. The molecule has 0 bridgehead atoms. The minimum Gasteiger partial charge on any atom is -0.425 e. The molecular weight excluding hydrogens is 258 g/mol. The van der Waals surface area contributed by atoms with Crippen molar-refractivity contribution < 1.29 is 9.53 Å².